The smallest absolute Gasteiger partial charge is 0.244 e. The number of nitrogens with one attached hydrogen (secondary N) is 1. The number of nitrogens with zero attached hydrogens (tertiary/aromatic N) is 3. The molecule has 1 aliphatic rings. The van der Waals surface area contributed by atoms with E-state index in [0.29, 0.717) is 24.4 Å². The first-order chi connectivity index (χ1) is 14.2. The van der Waals surface area contributed by atoms with Gasteiger partial charge in [0.1, 0.15) is 10.7 Å². The second-order valence-electron chi connectivity index (χ2n) is 7.39. The molecule has 1 amide bonds. The molecule has 2 aromatic rings. The molecule has 30 heavy (non-hydrogen) atoms. The molecule has 1 fully saturated rings. The van der Waals surface area contributed by atoms with E-state index in [1.165, 1.54) is 16.4 Å². The van der Waals surface area contributed by atoms with Gasteiger partial charge < -0.3 is 10.2 Å². The number of amides is 1. The quantitative estimate of drug-likeness (QED) is 0.700. The molecule has 0 atom stereocenters. The summed E-state index contributed by atoms with van der Waals surface area (Å²) < 4.78 is 27.2. The molecule has 3 rings (SSSR count). The summed E-state index contributed by atoms with van der Waals surface area (Å²) in [5.74, 6) is 0.512. The minimum atomic E-state index is -3.76. The molecule has 2 heterocycles. The molecule has 1 saturated heterocycles. The maximum absolute atomic E-state index is 12.9. The van der Waals surface area contributed by atoms with Crippen LogP contribution in [0.1, 0.15) is 18.4 Å². The van der Waals surface area contributed by atoms with E-state index < -0.39 is 10.0 Å². The molecular formula is C20H24Cl2N4O3S. The van der Waals surface area contributed by atoms with Gasteiger partial charge in [-0.05, 0) is 48.7 Å². The number of aromatic nitrogens is 1. The van der Waals surface area contributed by atoms with Crippen molar-refractivity contribution in [3.8, 4) is 0 Å². The second-order valence-corrected chi connectivity index (χ2v) is 10.1. The van der Waals surface area contributed by atoms with E-state index in [1.807, 2.05) is 31.1 Å². The number of rotatable bonds is 6. The average molecular weight is 471 g/mol. The maximum Gasteiger partial charge on any atom is 0.244 e. The number of hydrogen-bond acceptors (Lipinski definition) is 5. The van der Waals surface area contributed by atoms with Gasteiger partial charge >= 0.3 is 0 Å². The molecule has 0 bridgehead atoms. The predicted octanol–water partition coefficient (Wildman–Crippen LogP) is 3.17. The number of hydrogen-bond donors (Lipinski definition) is 1. The van der Waals surface area contributed by atoms with Gasteiger partial charge in [-0.3, -0.25) is 4.79 Å². The van der Waals surface area contributed by atoms with Gasteiger partial charge in [0.15, 0.2) is 0 Å². The first-order valence-electron chi connectivity index (χ1n) is 9.53. The number of sulfonamides is 1. The van der Waals surface area contributed by atoms with Crippen LogP contribution < -0.4 is 10.2 Å². The van der Waals surface area contributed by atoms with Crippen molar-refractivity contribution in [2.45, 2.75) is 24.3 Å². The highest BCUT2D eigenvalue weighted by Gasteiger charge is 2.33. The number of anilines is 1. The van der Waals surface area contributed by atoms with Crippen molar-refractivity contribution in [1.82, 2.24) is 14.6 Å². The fraction of sp³-hybridized carbons (Fsp3) is 0.400. The van der Waals surface area contributed by atoms with Crippen LogP contribution in [0, 0.1) is 5.92 Å². The average Bonchev–Trinajstić information content (AvgIpc) is 2.74. The Labute approximate surface area is 187 Å². The summed E-state index contributed by atoms with van der Waals surface area (Å²) in [4.78, 5) is 18.7. The fourth-order valence-corrected chi connectivity index (χ4v) is 5.53. The van der Waals surface area contributed by atoms with E-state index in [1.54, 1.807) is 12.3 Å². The molecule has 1 N–H and O–H groups in total. The third kappa shape index (κ3) is 5.24. The molecule has 1 aromatic carbocycles. The van der Waals surface area contributed by atoms with Crippen LogP contribution in [0.4, 0.5) is 5.82 Å². The van der Waals surface area contributed by atoms with Crippen molar-refractivity contribution in [2.24, 2.45) is 5.92 Å². The second kappa shape index (κ2) is 9.51. The fourth-order valence-electron chi connectivity index (χ4n) is 3.32. The van der Waals surface area contributed by atoms with E-state index in [-0.39, 0.29) is 34.8 Å². The van der Waals surface area contributed by atoms with E-state index >= 15 is 0 Å². The topological polar surface area (TPSA) is 82.6 Å². The molecule has 0 saturated carbocycles. The molecule has 0 spiro atoms. The lowest BCUT2D eigenvalue weighted by Crippen LogP contribution is -2.42. The molecule has 162 valence electrons. The summed E-state index contributed by atoms with van der Waals surface area (Å²) in [6, 6.07) is 8.15. The van der Waals surface area contributed by atoms with Crippen molar-refractivity contribution in [3.05, 3.63) is 52.1 Å². The van der Waals surface area contributed by atoms with Gasteiger partial charge in [-0.1, -0.05) is 23.2 Å². The van der Waals surface area contributed by atoms with Crippen LogP contribution in [0.2, 0.25) is 10.0 Å². The van der Waals surface area contributed by atoms with Crippen LogP contribution in [0.15, 0.2) is 41.4 Å². The maximum atomic E-state index is 12.9. The van der Waals surface area contributed by atoms with Crippen molar-refractivity contribution < 1.29 is 13.2 Å². The van der Waals surface area contributed by atoms with Gasteiger partial charge in [0.2, 0.25) is 15.9 Å². The van der Waals surface area contributed by atoms with E-state index in [0.717, 1.165) is 11.4 Å². The zero-order chi connectivity index (χ0) is 21.9. The van der Waals surface area contributed by atoms with Crippen LogP contribution in [0.5, 0.6) is 0 Å². The normalized spacial score (nSPS) is 15.7. The van der Waals surface area contributed by atoms with Gasteiger partial charge in [0.05, 0.1) is 5.02 Å². The minimum Gasteiger partial charge on any atom is -0.363 e. The first-order valence-corrected chi connectivity index (χ1v) is 11.7. The number of carbonyl (C=O) groups is 1. The Morgan fingerprint density at radius 1 is 1.20 bits per heavy atom. The van der Waals surface area contributed by atoms with Crippen molar-refractivity contribution in [3.63, 3.8) is 0 Å². The standard InChI is InChI=1S/C20H24Cl2N4O3S/c1-25(2)19-11-14(5-8-23-19)13-24-20(27)15-6-9-26(10-7-15)30(28,29)18-12-16(21)3-4-17(18)22/h3-5,8,11-12,15H,6-7,9-10,13H2,1-2H3,(H,24,27). The van der Waals surface area contributed by atoms with E-state index in [2.05, 4.69) is 10.3 Å². The van der Waals surface area contributed by atoms with Crippen LogP contribution in [-0.2, 0) is 21.4 Å². The third-order valence-corrected chi connectivity index (χ3v) is 7.69. The Hall–Kier alpha value is -1.87. The summed E-state index contributed by atoms with van der Waals surface area (Å²) in [5.41, 5.74) is 0.956. The summed E-state index contributed by atoms with van der Waals surface area (Å²) in [7, 11) is 0.0528. The van der Waals surface area contributed by atoms with Gasteiger partial charge in [0.25, 0.3) is 0 Å². The first kappa shape index (κ1) is 22.8. The van der Waals surface area contributed by atoms with Gasteiger partial charge in [-0.25, -0.2) is 13.4 Å². The summed E-state index contributed by atoms with van der Waals surface area (Å²) in [6.07, 6.45) is 2.60. The number of benzene rings is 1. The lowest BCUT2D eigenvalue weighted by atomic mass is 9.97. The van der Waals surface area contributed by atoms with Crippen molar-refractivity contribution in [1.29, 1.82) is 0 Å². The number of pyridine rings is 1. The molecule has 7 nitrogen and oxygen atoms in total. The predicted molar refractivity (Wildman–Crippen MR) is 118 cm³/mol. The Morgan fingerprint density at radius 3 is 2.57 bits per heavy atom. The molecule has 0 radical (unpaired) electrons. The van der Waals surface area contributed by atoms with Gasteiger partial charge in [0, 0.05) is 50.9 Å². The zero-order valence-electron chi connectivity index (χ0n) is 16.8. The Morgan fingerprint density at radius 2 is 1.90 bits per heavy atom. The zero-order valence-corrected chi connectivity index (χ0v) is 19.1. The molecule has 10 heteroatoms. The SMILES string of the molecule is CN(C)c1cc(CNC(=O)C2CCN(S(=O)(=O)c3cc(Cl)ccc3Cl)CC2)ccn1. The number of carbonyl (C=O) groups excluding carboxylic acids is 1. The highest BCUT2D eigenvalue weighted by atomic mass is 35.5. The monoisotopic (exact) mass is 470 g/mol. The molecule has 1 aliphatic heterocycles. The molecule has 1 aromatic heterocycles. The highest BCUT2D eigenvalue weighted by molar-refractivity contribution is 7.89. The van der Waals surface area contributed by atoms with Crippen LogP contribution in [0.3, 0.4) is 0 Å². The Balaban J connectivity index is 1.58. The van der Waals surface area contributed by atoms with E-state index in [4.69, 9.17) is 23.2 Å². The number of piperidine rings is 1. The van der Waals surface area contributed by atoms with Crippen LogP contribution >= 0.6 is 23.2 Å². The third-order valence-electron chi connectivity index (χ3n) is 5.07. The van der Waals surface area contributed by atoms with Crippen LogP contribution in [0.25, 0.3) is 0 Å². The van der Waals surface area contributed by atoms with Crippen molar-refractivity contribution >= 4 is 45.0 Å². The van der Waals surface area contributed by atoms with Crippen LogP contribution in [-0.4, -0.2) is 50.8 Å². The molecular weight excluding hydrogens is 447 g/mol. The molecule has 0 unspecified atom stereocenters. The minimum absolute atomic E-state index is 0.00560. The largest absolute Gasteiger partial charge is 0.363 e. The van der Waals surface area contributed by atoms with Gasteiger partial charge in [-0.2, -0.15) is 4.31 Å². The summed E-state index contributed by atoms with van der Waals surface area (Å²) >= 11 is 12.0. The Bertz CT molecular complexity index is 1020. The summed E-state index contributed by atoms with van der Waals surface area (Å²) in [5, 5.41) is 3.38. The molecule has 0 aliphatic carbocycles. The van der Waals surface area contributed by atoms with E-state index in [9.17, 15) is 13.2 Å². The lowest BCUT2D eigenvalue weighted by molar-refractivity contribution is -0.126. The number of halogens is 2. The highest BCUT2D eigenvalue weighted by Crippen LogP contribution is 2.30. The Kier molecular flexibility index (Phi) is 7.23. The summed E-state index contributed by atoms with van der Waals surface area (Å²) in [6.45, 7) is 0.908. The van der Waals surface area contributed by atoms with Gasteiger partial charge in [-0.15, -0.1) is 0 Å². The lowest BCUT2D eigenvalue weighted by Gasteiger charge is -2.30. The van der Waals surface area contributed by atoms with Crippen molar-refractivity contribution in [2.75, 3.05) is 32.1 Å².